The average Bonchev–Trinajstić information content (AvgIpc) is 2.72. The first-order valence-electron chi connectivity index (χ1n) is 11.9. The Labute approximate surface area is 205 Å². The minimum Gasteiger partial charge on any atom is -0.507 e. The Kier molecular flexibility index (Phi) is 9.42. The van der Waals surface area contributed by atoms with Crippen LogP contribution in [0.25, 0.3) is 0 Å². The van der Waals surface area contributed by atoms with Gasteiger partial charge in [-0.05, 0) is 42.1 Å². The Morgan fingerprint density at radius 3 is 2.18 bits per heavy atom. The Morgan fingerprint density at radius 1 is 0.971 bits per heavy atom. The number of nitrogens with one attached hydrogen (secondary N) is 1. The summed E-state index contributed by atoms with van der Waals surface area (Å²) < 4.78 is 0. The van der Waals surface area contributed by atoms with Crippen LogP contribution in [-0.2, 0) is 22.2 Å². The number of phenolic OH excluding ortho intramolecular Hbond substituents is 1. The third-order valence-corrected chi connectivity index (χ3v) is 5.78. The molecule has 0 bridgehead atoms. The Bertz CT molecular complexity index is 972. The van der Waals surface area contributed by atoms with E-state index < -0.39 is 0 Å². The van der Waals surface area contributed by atoms with Gasteiger partial charge in [-0.3, -0.25) is 9.69 Å². The number of amides is 1. The molecule has 2 N–H and O–H groups in total. The molecule has 0 radical (unpaired) electrons. The van der Waals surface area contributed by atoms with Crippen LogP contribution in [0.15, 0.2) is 47.6 Å². The number of carbonyl (C=O) groups is 1. The first kappa shape index (κ1) is 27.5. The maximum Gasteiger partial charge on any atom is 0.254 e. The van der Waals surface area contributed by atoms with E-state index in [2.05, 4.69) is 82.2 Å². The van der Waals surface area contributed by atoms with Crippen molar-refractivity contribution in [3.05, 3.63) is 64.7 Å². The monoisotopic (exact) mass is 466 g/mol. The van der Waals surface area contributed by atoms with E-state index in [1.807, 2.05) is 36.2 Å². The molecule has 0 saturated carbocycles. The quantitative estimate of drug-likeness (QED) is 0.422. The largest absolute Gasteiger partial charge is 0.507 e. The van der Waals surface area contributed by atoms with Crippen LogP contribution < -0.4 is 5.43 Å². The highest BCUT2D eigenvalue weighted by Crippen LogP contribution is 2.37. The number of hydrogen-bond donors (Lipinski definition) is 2. The lowest BCUT2D eigenvalue weighted by atomic mass is 9.79. The van der Waals surface area contributed by atoms with Gasteiger partial charge in [0.2, 0.25) is 0 Å². The van der Waals surface area contributed by atoms with Gasteiger partial charge in [-0.2, -0.15) is 5.10 Å². The second kappa shape index (κ2) is 11.6. The van der Waals surface area contributed by atoms with Crippen LogP contribution in [-0.4, -0.2) is 60.8 Å². The highest BCUT2D eigenvalue weighted by molar-refractivity contribution is 5.86. The Morgan fingerprint density at radius 2 is 1.59 bits per heavy atom. The zero-order valence-electron chi connectivity index (χ0n) is 22.1. The molecule has 0 aliphatic rings. The minimum absolute atomic E-state index is 0.0735. The van der Waals surface area contributed by atoms with Gasteiger partial charge in [0.1, 0.15) is 5.75 Å². The van der Waals surface area contributed by atoms with E-state index in [-0.39, 0.29) is 29.0 Å². The van der Waals surface area contributed by atoms with E-state index in [0.29, 0.717) is 5.56 Å². The predicted octanol–water partition coefficient (Wildman–Crippen LogP) is 4.50. The summed E-state index contributed by atoms with van der Waals surface area (Å²) in [6, 6.07) is 14.3. The molecular weight excluding hydrogens is 424 g/mol. The molecule has 0 heterocycles. The van der Waals surface area contributed by atoms with Crippen molar-refractivity contribution in [2.45, 2.75) is 58.9 Å². The number of hydrogen-bond acceptors (Lipinski definition) is 5. The standard InChI is InChI=1S/C28H42N4O2/c1-27(2,3)23-16-22(26(34)24(17-23)28(4,5)6)18-29-30-25(33)20-32(8)15-14-31(7)19-21-12-10-9-11-13-21/h9-13,16-18,34H,14-15,19-20H2,1-8H3,(H,30,33)/b29-18+. The second-order valence-electron chi connectivity index (χ2n) is 11.2. The second-order valence-corrected chi connectivity index (χ2v) is 11.2. The maximum atomic E-state index is 12.4. The van der Waals surface area contributed by atoms with Gasteiger partial charge in [0, 0.05) is 30.8 Å². The zero-order chi connectivity index (χ0) is 25.5. The summed E-state index contributed by atoms with van der Waals surface area (Å²) in [4.78, 5) is 16.6. The number of benzene rings is 2. The molecule has 2 rings (SSSR count). The molecule has 2 aromatic rings. The Balaban J connectivity index is 1.94. The first-order valence-corrected chi connectivity index (χ1v) is 11.9. The summed E-state index contributed by atoms with van der Waals surface area (Å²) in [7, 11) is 4.00. The summed E-state index contributed by atoms with van der Waals surface area (Å²) in [5.41, 5.74) is 6.17. The number of rotatable bonds is 9. The van der Waals surface area contributed by atoms with Crippen LogP contribution in [0.3, 0.4) is 0 Å². The van der Waals surface area contributed by atoms with Crippen molar-refractivity contribution in [2.75, 3.05) is 33.7 Å². The van der Waals surface area contributed by atoms with Gasteiger partial charge in [0.25, 0.3) is 5.91 Å². The van der Waals surface area contributed by atoms with Crippen LogP contribution in [0.5, 0.6) is 5.75 Å². The van der Waals surface area contributed by atoms with Crippen molar-refractivity contribution >= 4 is 12.1 Å². The number of aromatic hydroxyl groups is 1. The van der Waals surface area contributed by atoms with E-state index in [1.165, 1.54) is 11.8 Å². The maximum absolute atomic E-state index is 12.4. The predicted molar refractivity (Wildman–Crippen MR) is 142 cm³/mol. The minimum atomic E-state index is -0.215. The summed E-state index contributed by atoms with van der Waals surface area (Å²) in [5, 5.41) is 15.0. The highest BCUT2D eigenvalue weighted by Gasteiger charge is 2.24. The van der Waals surface area contributed by atoms with Crippen molar-refractivity contribution in [3.63, 3.8) is 0 Å². The van der Waals surface area contributed by atoms with Gasteiger partial charge in [-0.1, -0.05) is 77.9 Å². The van der Waals surface area contributed by atoms with Crippen LogP contribution in [0.4, 0.5) is 0 Å². The van der Waals surface area contributed by atoms with E-state index in [9.17, 15) is 9.90 Å². The summed E-state index contributed by atoms with van der Waals surface area (Å²) in [6.07, 6.45) is 1.53. The fraction of sp³-hybridized carbons (Fsp3) is 0.500. The summed E-state index contributed by atoms with van der Waals surface area (Å²) in [6.45, 7) is 15.4. The molecule has 0 atom stereocenters. The van der Waals surface area contributed by atoms with Crippen molar-refractivity contribution in [1.82, 2.24) is 15.2 Å². The highest BCUT2D eigenvalue weighted by atomic mass is 16.3. The van der Waals surface area contributed by atoms with Gasteiger partial charge >= 0.3 is 0 Å². The fourth-order valence-corrected chi connectivity index (χ4v) is 3.61. The topological polar surface area (TPSA) is 68.2 Å². The third-order valence-electron chi connectivity index (χ3n) is 5.78. The average molecular weight is 467 g/mol. The smallest absolute Gasteiger partial charge is 0.254 e. The number of likely N-dealkylation sites (N-methyl/N-ethyl adjacent to an activating group) is 2. The van der Waals surface area contributed by atoms with Crippen molar-refractivity contribution in [3.8, 4) is 5.75 Å². The van der Waals surface area contributed by atoms with Crippen LogP contribution >= 0.6 is 0 Å². The van der Waals surface area contributed by atoms with E-state index in [4.69, 9.17) is 0 Å². The zero-order valence-corrected chi connectivity index (χ0v) is 22.1. The fourth-order valence-electron chi connectivity index (χ4n) is 3.61. The molecule has 0 aliphatic carbocycles. The number of hydrazone groups is 1. The molecule has 0 spiro atoms. The van der Waals surface area contributed by atoms with Crippen LogP contribution in [0.2, 0.25) is 0 Å². The lowest BCUT2D eigenvalue weighted by Gasteiger charge is -2.26. The molecule has 0 aliphatic heterocycles. The van der Waals surface area contributed by atoms with Crippen LogP contribution in [0.1, 0.15) is 63.8 Å². The molecule has 0 unspecified atom stereocenters. The van der Waals surface area contributed by atoms with Crippen molar-refractivity contribution < 1.29 is 9.90 Å². The van der Waals surface area contributed by atoms with Crippen molar-refractivity contribution in [1.29, 1.82) is 0 Å². The molecule has 186 valence electrons. The third kappa shape index (κ3) is 8.58. The van der Waals surface area contributed by atoms with Gasteiger partial charge in [-0.25, -0.2) is 5.43 Å². The molecule has 6 nitrogen and oxygen atoms in total. The molecular formula is C28H42N4O2. The lowest BCUT2D eigenvalue weighted by molar-refractivity contribution is -0.121. The van der Waals surface area contributed by atoms with E-state index in [0.717, 1.165) is 30.8 Å². The lowest BCUT2D eigenvalue weighted by Crippen LogP contribution is -2.37. The van der Waals surface area contributed by atoms with Gasteiger partial charge < -0.3 is 10.0 Å². The van der Waals surface area contributed by atoms with Gasteiger partial charge in [-0.15, -0.1) is 0 Å². The van der Waals surface area contributed by atoms with E-state index >= 15 is 0 Å². The molecule has 0 aromatic heterocycles. The number of carbonyl (C=O) groups excluding carboxylic acids is 1. The Hall–Kier alpha value is -2.70. The molecule has 0 fully saturated rings. The normalized spacial score (nSPS) is 12.6. The SMILES string of the molecule is CN(CCN(C)Cc1ccccc1)CC(=O)N/N=C/c1cc(C(C)(C)C)cc(C(C)(C)C)c1O. The summed E-state index contributed by atoms with van der Waals surface area (Å²) in [5.74, 6) is 0.0176. The first-order chi connectivity index (χ1) is 15.8. The molecule has 6 heteroatoms. The van der Waals surface area contributed by atoms with Crippen LogP contribution in [0, 0.1) is 0 Å². The molecule has 0 saturated heterocycles. The van der Waals surface area contributed by atoms with Gasteiger partial charge in [0.05, 0.1) is 12.8 Å². The number of phenols is 1. The molecule has 1 amide bonds. The van der Waals surface area contributed by atoms with Crippen molar-refractivity contribution in [2.24, 2.45) is 5.10 Å². The van der Waals surface area contributed by atoms with E-state index in [1.54, 1.807) is 0 Å². The van der Waals surface area contributed by atoms with Gasteiger partial charge in [0.15, 0.2) is 0 Å². The molecule has 2 aromatic carbocycles. The number of nitrogens with zero attached hydrogens (tertiary/aromatic N) is 3. The summed E-state index contributed by atoms with van der Waals surface area (Å²) >= 11 is 0. The molecule has 34 heavy (non-hydrogen) atoms.